The van der Waals surface area contributed by atoms with Gasteiger partial charge in [-0.25, -0.2) is 4.98 Å². The van der Waals surface area contributed by atoms with Crippen LogP contribution in [0.15, 0.2) is 36.5 Å². The largest absolute Gasteiger partial charge is 0.457 e. The lowest BCUT2D eigenvalue weighted by molar-refractivity contribution is 0.0957. The van der Waals surface area contributed by atoms with Crippen LogP contribution in [0.2, 0.25) is 0 Å². The second-order valence-corrected chi connectivity index (χ2v) is 7.84. The Morgan fingerprint density at radius 2 is 2.04 bits per heavy atom. The molecular weight excluding hydrogens is 376 g/mol. The molecule has 7 nitrogen and oxygen atoms in total. The zero-order chi connectivity index (χ0) is 19.5. The predicted octanol–water partition coefficient (Wildman–Crippen LogP) is 3.56. The molecular formula is C20H22N4O3S. The SMILES string of the molecule is CNC(=O)c1cc(Oc2ccc3nc(N[C@H]4CCCC[C@H]4O)sc3c2)ccn1. The quantitative estimate of drug-likeness (QED) is 0.608. The summed E-state index contributed by atoms with van der Waals surface area (Å²) in [7, 11) is 1.56. The average molecular weight is 398 g/mol. The van der Waals surface area contributed by atoms with E-state index in [1.807, 2.05) is 18.2 Å². The highest BCUT2D eigenvalue weighted by Gasteiger charge is 2.23. The summed E-state index contributed by atoms with van der Waals surface area (Å²) in [5, 5.41) is 16.9. The van der Waals surface area contributed by atoms with Crippen LogP contribution >= 0.6 is 11.3 Å². The number of aliphatic hydroxyl groups is 1. The van der Waals surface area contributed by atoms with E-state index in [0.717, 1.165) is 41.0 Å². The third-order valence-electron chi connectivity index (χ3n) is 4.83. The van der Waals surface area contributed by atoms with Gasteiger partial charge in [0.15, 0.2) is 5.13 Å². The molecule has 2 heterocycles. The van der Waals surface area contributed by atoms with Crippen molar-refractivity contribution in [2.75, 3.05) is 12.4 Å². The number of carbonyl (C=O) groups is 1. The molecule has 2 aromatic heterocycles. The van der Waals surface area contributed by atoms with Crippen LogP contribution in [-0.2, 0) is 0 Å². The number of ether oxygens (including phenoxy) is 1. The summed E-state index contributed by atoms with van der Waals surface area (Å²) in [4.78, 5) is 20.4. The number of nitrogens with zero attached hydrogens (tertiary/aromatic N) is 2. The number of aliphatic hydroxyl groups excluding tert-OH is 1. The summed E-state index contributed by atoms with van der Waals surface area (Å²) in [6.07, 6.45) is 5.23. The van der Waals surface area contributed by atoms with Gasteiger partial charge in [-0.05, 0) is 31.0 Å². The molecule has 0 radical (unpaired) electrons. The number of nitrogens with one attached hydrogen (secondary N) is 2. The monoisotopic (exact) mass is 398 g/mol. The van der Waals surface area contributed by atoms with Gasteiger partial charge in [-0.2, -0.15) is 0 Å². The molecule has 0 saturated heterocycles. The van der Waals surface area contributed by atoms with E-state index in [1.54, 1.807) is 25.4 Å². The number of benzene rings is 1. The Balaban J connectivity index is 1.51. The molecule has 146 valence electrons. The van der Waals surface area contributed by atoms with Crippen LogP contribution in [0, 0.1) is 0 Å². The Kier molecular flexibility index (Phi) is 5.40. The molecule has 0 unspecified atom stereocenters. The molecule has 0 bridgehead atoms. The zero-order valence-corrected chi connectivity index (χ0v) is 16.3. The third-order valence-corrected chi connectivity index (χ3v) is 5.77. The minimum Gasteiger partial charge on any atom is -0.457 e. The molecule has 1 aromatic carbocycles. The number of carbonyl (C=O) groups excluding carboxylic acids is 1. The van der Waals surface area contributed by atoms with Crippen LogP contribution in [0.5, 0.6) is 11.5 Å². The molecule has 8 heteroatoms. The Hall–Kier alpha value is -2.71. The first-order chi connectivity index (χ1) is 13.6. The molecule has 1 saturated carbocycles. The maximum Gasteiger partial charge on any atom is 0.269 e. The van der Waals surface area contributed by atoms with E-state index in [4.69, 9.17) is 4.74 Å². The van der Waals surface area contributed by atoms with Crippen molar-refractivity contribution in [1.29, 1.82) is 0 Å². The topological polar surface area (TPSA) is 96.4 Å². The van der Waals surface area contributed by atoms with E-state index in [1.165, 1.54) is 11.3 Å². The molecule has 28 heavy (non-hydrogen) atoms. The van der Waals surface area contributed by atoms with Gasteiger partial charge in [0, 0.05) is 25.4 Å². The van der Waals surface area contributed by atoms with Crippen LogP contribution in [0.25, 0.3) is 10.2 Å². The molecule has 1 aliphatic carbocycles. The van der Waals surface area contributed by atoms with Gasteiger partial charge in [-0.15, -0.1) is 0 Å². The van der Waals surface area contributed by atoms with Gasteiger partial charge in [-0.3, -0.25) is 9.78 Å². The van der Waals surface area contributed by atoms with Crippen LogP contribution in [0.4, 0.5) is 5.13 Å². The Morgan fingerprint density at radius 1 is 1.21 bits per heavy atom. The zero-order valence-electron chi connectivity index (χ0n) is 15.5. The molecule has 1 aliphatic rings. The fourth-order valence-electron chi connectivity index (χ4n) is 3.33. The van der Waals surface area contributed by atoms with Gasteiger partial charge in [0.05, 0.1) is 22.4 Å². The van der Waals surface area contributed by atoms with E-state index in [9.17, 15) is 9.90 Å². The molecule has 2 atom stereocenters. The predicted molar refractivity (Wildman–Crippen MR) is 109 cm³/mol. The number of rotatable bonds is 5. The minimum absolute atomic E-state index is 0.0602. The normalized spacial score (nSPS) is 19.4. The van der Waals surface area contributed by atoms with Crippen molar-refractivity contribution < 1.29 is 14.6 Å². The smallest absolute Gasteiger partial charge is 0.269 e. The van der Waals surface area contributed by atoms with Gasteiger partial charge in [0.1, 0.15) is 17.2 Å². The lowest BCUT2D eigenvalue weighted by Gasteiger charge is -2.27. The van der Waals surface area contributed by atoms with Gasteiger partial charge in [0.2, 0.25) is 0 Å². The van der Waals surface area contributed by atoms with Crippen molar-refractivity contribution in [3.63, 3.8) is 0 Å². The number of thiazole rings is 1. The van der Waals surface area contributed by atoms with Gasteiger partial charge < -0.3 is 20.5 Å². The third kappa shape index (κ3) is 4.07. The molecule has 0 aliphatic heterocycles. The number of aromatic nitrogens is 2. The average Bonchev–Trinajstić information content (AvgIpc) is 3.11. The maximum atomic E-state index is 11.7. The van der Waals surface area contributed by atoms with Crippen molar-refractivity contribution in [2.45, 2.75) is 37.8 Å². The first-order valence-corrected chi connectivity index (χ1v) is 10.2. The van der Waals surface area contributed by atoms with Gasteiger partial charge in [0.25, 0.3) is 5.91 Å². The Bertz CT molecular complexity index is 990. The van der Waals surface area contributed by atoms with Crippen LogP contribution < -0.4 is 15.4 Å². The van der Waals surface area contributed by atoms with Crippen molar-refractivity contribution in [1.82, 2.24) is 15.3 Å². The van der Waals surface area contributed by atoms with E-state index >= 15 is 0 Å². The molecule has 4 rings (SSSR count). The molecule has 1 fully saturated rings. The van der Waals surface area contributed by atoms with E-state index in [2.05, 4.69) is 20.6 Å². The fraction of sp³-hybridized carbons (Fsp3) is 0.350. The standard InChI is InChI=1S/C20H22N4O3S/c1-21-19(26)16-10-13(8-9-22-16)27-12-6-7-15-18(11-12)28-20(24-15)23-14-4-2-3-5-17(14)25/h6-11,14,17,25H,2-5H2,1H3,(H,21,26)(H,23,24)/t14-,17+/m0/s1. The lowest BCUT2D eigenvalue weighted by atomic mass is 9.93. The minimum atomic E-state index is -0.319. The summed E-state index contributed by atoms with van der Waals surface area (Å²) in [6.45, 7) is 0. The maximum absolute atomic E-state index is 11.7. The number of hydrogen-bond donors (Lipinski definition) is 3. The van der Waals surface area contributed by atoms with E-state index in [0.29, 0.717) is 17.2 Å². The number of amides is 1. The lowest BCUT2D eigenvalue weighted by Crippen LogP contribution is -2.36. The summed E-state index contributed by atoms with van der Waals surface area (Å²) < 4.78 is 6.89. The van der Waals surface area contributed by atoms with Crippen LogP contribution in [-0.4, -0.2) is 40.2 Å². The highest BCUT2D eigenvalue weighted by Crippen LogP contribution is 2.32. The fourth-order valence-corrected chi connectivity index (χ4v) is 4.29. The number of hydrogen-bond acceptors (Lipinski definition) is 7. The van der Waals surface area contributed by atoms with E-state index in [-0.39, 0.29) is 18.1 Å². The molecule has 3 aromatic rings. The Labute approximate surface area is 166 Å². The highest BCUT2D eigenvalue weighted by molar-refractivity contribution is 7.22. The second kappa shape index (κ2) is 8.12. The molecule has 0 spiro atoms. The van der Waals surface area contributed by atoms with Gasteiger partial charge >= 0.3 is 0 Å². The first-order valence-electron chi connectivity index (χ1n) is 9.33. The summed E-state index contributed by atoms with van der Waals surface area (Å²) in [5.74, 6) is 0.944. The highest BCUT2D eigenvalue weighted by atomic mass is 32.1. The van der Waals surface area contributed by atoms with Gasteiger partial charge in [-0.1, -0.05) is 24.2 Å². The van der Waals surface area contributed by atoms with E-state index < -0.39 is 0 Å². The molecule has 1 amide bonds. The van der Waals surface area contributed by atoms with Crippen molar-refractivity contribution in [3.8, 4) is 11.5 Å². The summed E-state index contributed by atoms with van der Waals surface area (Å²) in [6, 6.07) is 9.06. The summed E-state index contributed by atoms with van der Waals surface area (Å²) in [5.41, 5.74) is 1.18. The number of anilines is 1. The van der Waals surface area contributed by atoms with Crippen molar-refractivity contribution in [3.05, 3.63) is 42.2 Å². The molecule has 3 N–H and O–H groups in total. The summed E-state index contributed by atoms with van der Waals surface area (Å²) >= 11 is 1.54. The second-order valence-electron chi connectivity index (χ2n) is 6.81. The van der Waals surface area contributed by atoms with Crippen molar-refractivity contribution in [2.24, 2.45) is 0 Å². The number of fused-ring (bicyclic) bond motifs is 1. The van der Waals surface area contributed by atoms with Crippen LogP contribution in [0.1, 0.15) is 36.2 Å². The Morgan fingerprint density at radius 3 is 2.86 bits per heavy atom. The number of pyridine rings is 1. The van der Waals surface area contributed by atoms with Crippen LogP contribution in [0.3, 0.4) is 0 Å². The van der Waals surface area contributed by atoms with Crippen molar-refractivity contribution >= 4 is 32.6 Å². The first kappa shape index (κ1) is 18.6.